The van der Waals surface area contributed by atoms with Crippen molar-refractivity contribution in [3.63, 3.8) is 0 Å². The van der Waals surface area contributed by atoms with Crippen molar-refractivity contribution in [1.82, 2.24) is 0 Å². The van der Waals surface area contributed by atoms with E-state index in [0.29, 0.717) is 23.3 Å². The minimum absolute atomic E-state index is 0.352. The topological polar surface area (TPSA) is 13.1 Å². The SMILES string of the molecule is [2H]c1cccc2c1oc1c([2H])c(C)cc(-c3ccccc3)c12. The number of benzene rings is 3. The second-order valence-electron chi connectivity index (χ2n) is 4.95. The standard InChI is InChI=1S/C19H14O/c1-13-11-16(14-7-3-2-4-8-14)19-15-9-5-6-10-17(15)20-18(19)12-13/h2-12H,1H3/i10D,12D. The summed E-state index contributed by atoms with van der Waals surface area (Å²) in [6.45, 7) is 1.92. The molecule has 0 unspecified atom stereocenters. The van der Waals surface area contributed by atoms with E-state index >= 15 is 0 Å². The molecule has 1 nitrogen and oxygen atoms in total. The zero-order chi connectivity index (χ0) is 15.3. The lowest BCUT2D eigenvalue weighted by atomic mass is 9.97. The van der Waals surface area contributed by atoms with Crippen LogP contribution in [-0.4, -0.2) is 0 Å². The highest BCUT2D eigenvalue weighted by Crippen LogP contribution is 2.37. The number of hydrogen-bond donors (Lipinski definition) is 0. The molecule has 0 saturated carbocycles. The summed E-state index contributed by atoms with van der Waals surface area (Å²) in [6.07, 6.45) is 0. The minimum atomic E-state index is 0.352. The molecule has 1 aromatic heterocycles. The van der Waals surface area contributed by atoms with Gasteiger partial charge in [-0.15, -0.1) is 0 Å². The van der Waals surface area contributed by atoms with E-state index in [4.69, 9.17) is 7.16 Å². The molecule has 1 heterocycles. The second kappa shape index (κ2) is 4.24. The van der Waals surface area contributed by atoms with Crippen molar-refractivity contribution < 1.29 is 7.16 Å². The fourth-order valence-corrected chi connectivity index (χ4v) is 2.68. The first-order valence-corrected chi connectivity index (χ1v) is 6.64. The smallest absolute Gasteiger partial charge is 0.136 e. The van der Waals surface area contributed by atoms with E-state index in [2.05, 4.69) is 12.1 Å². The average molecular weight is 260 g/mol. The van der Waals surface area contributed by atoms with E-state index in [-0.39, 0.29) is 0 Å². The zero-order valence-electron chi connectivity index (χ0n) is 13.1. The van der Waals surface area contributed by atoms with E-state index in [9.17, 15) is 0 Å². The maximum atomic E-state index is 8.30. The van der Waals surface area contributed by atoms with Gasteiger partial charge in [-0.25, -0.2) is 0 Å². The fraction of sp³-hybridized carbons (Fsp3) is 0.0526. The van der Waals surface area contributed by atoms with E-state index < -0.39 is 0 Å². The number of hydrogen-bond acceptors (Lipinski definition) is 1. The molecule has 0 spiro atoms. The molecule has 0 atom stereocenters. The first-order chi connectivity index (χ1) is 10.7. The Hall–Kier alpha value is -2.54. The van der Waals surface area contributed by atoms with Gasteiger partial charge in [0.1, 0.15) is 11.2 Å². The van der Waals surface area contributed by atoms with Gasteiger partial charge in [0.15, 0.2) is 0 Å². The first kappa shape index (κ1) is 9.38. The van der Waals surface area contributed by atoms with E-state index in [1.54, 1.807) is 6.07 Å². The molecule has 0 N–H and O–H groups in total. The predicted molar refractivity (Wildman–Crippen MR) is 83.9 cm³/mol. The Morgan fingerprint density at radius 1 is 0.950 bits per heavy atom. The summed E-state index contributed by atoms with van der Waals surface area (Å²) >= 11 is 0. The molecule has 0 radical (unpaired) electrons. The summed E-state index contributed by atoms with van der Waals surface area (Å²) in [5.41, 5.74) is 4.13. The van der Waals surface area contributed by atoms with E-state index in [1.807, 2.05) is 43.3 Å². The van der Waals surface area contributed by atoms with Gasteiger partial charge in [0, 0.05) is 10.8 Å². The molecule has 96 valence electrons. The Labute approximate surface area is 120 Å². The third-order valence-corrected chi connectivity index (χ3v) is 3.54. The summed E-state index contributed by atoms with van der Waals surface area (Å²) in [5.74, 6) is 0. The van der Waals surface area contributed by atoms with Gasteiger partial charge >= 0.3 is 0 Å². The monoisotopic (exact) mass is 260 g/mol. The van der Waals surface area contributed by atoms with Crippen LogP contribution in [0.4, 0.5) is 0 Å². The van der Waals surface area contributed by atoms with Crippen LogP contribution in [0, 0.1) is 6.92 Å². The van der Waals surface area contributed by atoms with Crippen molar-refractivity contribution >= 4 is 21.9 Å². The molecule has 0 amide bonds. The average Bonchev–Trinajstić information content (AvgIpc) is 2.93. The predicted octanol–water partition coefficient (Wildman–Crippen LogP) is 5.56. The number of fused-ring (bicyclic) bond motifs is 3. The van der Waals surface area contributed by atoms with Gasteiger partial charge in [-0.1, -0.05) is 54.6 Å². The molecule has 0 aliphatic heterocycles. The first-order valence-electron chi connectivity index (χ1n) is 7.64. The molecule has 4 rings (SSSR count). The lowest BCUT2D eigenvalue weighted by Crippen LogP contribution is -1.81. The zero-order valence-corrected chi connectivity index (χ0v) is 11.1. The number of furan rings is 1. The molecule has 20 heavy (non-hydrogen) atoms. The van der Waals surface area contributed by atoms with Crippen molar-refractivity contribution in [2.24, 2.45) is 0 Å². The Kier molecular flexibility index (Phi) is 1.99. The largest absolute Gasteiger partial charge is 0.456 e. The highest BCUT2D eigenvalue weighted by atomic mass is 16.3. The normalized spacial score (nSPS) is 12.7. The summed E-state index contributed by atoms with van der Waals surface area (Å²) in [6, 6.07) is 18.4. The lowest BCUT2D eigenvalue weighted by Gasteiger charge is -2.05. The van der Waals surface area contributed by atoms with Crippen LogP contribution in [-0.2, 0) is 0 Å². The van der Waals surface area contributed by atoms with Crippen molar-refractivity contribution in [1.29, 1.82) is 0 Å². The van der Waals surface area contributed by atoms with Gasteiger partial charge in [0.05, 0.1) is 2.74 Å². The van der Waals surface area contributed by atoms with Gasteiger partial charge in [-0.3, -0.25) is 0 Å². The maximum Gasteiger partial charge on any atom is 0.136 e. The van der Waals surface area contributed by atoms with E-state index in [1.165, 1.54) is 0 Å². The third-order valence-electron chi connectivity index (χ3n) is 3.54. The quantitative estimate of drug-likeness (QED) is 0.436. The fourth-order valence-electron chi connectivity index (χ4n) is 2.68. The van der Waals surface area contributed by atoms with E-state index in [0.717, 1.165) is 27.5 Å². The molecule has 0 fully saturated rings. The van der Waals surface area contributed by atoms with Crippen molar-refractivity contribution in [2.75, 3.05) is 0 Å². The number of para-hydroxylation sites is 1. The third kappa shape index (κ3) is 1.64. The maximum absolute atomic E-state index is 8.30. The van der Waals surface area contributed by atoms with Crippen molar-refractivity contribution in [3.8, 4) is 11.1 Å². The van der Waals surface area contributed by atoms with Crippen LogP contribution in [0.2, 0.25) is 0 Å². The molecule has 1 heteroatoms. The summed E-state index contributed by atoms with van der Waals surface area (Å²) in [7, 11) is 0. The molecule has 0 saturated heterocycles. The summed E-state index contributed by atoms with van der Waals surface area (Å²) < 4.78 is 22.2. The molecule has 0 aliphatic carbocycles. The van der Waals surface area contributed by atoms with Crippen LogP contribution >= 0.6 is 0 Å². The van der Waals surface area contributed by atoms with Gasteiger partial charge in [0.2, 0.25) is 0 Å². The van der Waals surface area contributed by atoms with Crippen LogP contribution < -0.4 is 0 Å². The molecular weight excluding hydrogens is 244 g/mol. The molecule has 4 aromatic rings. The molecular formula is C19H14O. The van der Waals surface area contributed by atoms with Crippen molar-refractivity contribution in [2.45, 2.75) is 6.92 Å². The number of rotatable bonds is 1. The van der Waals surface area contributed by atoms with Crippen LogP contribution in [0.25, 0.3) is 33.1 Å². The lowest BCUT2D eigenvalue weighted by molar-refractivity contribution is 0.668. The Morgan fingerprint density at radius 3 is 2.60 bits per heavy atom. The van der Waals surface area contributed by atoms with Crippen LogP contribution in [0.3, 0.4) is 0 Å². The van der Waals surface area contributed by atoms with Crippen molar-refractivity contribution in [3.05, 3.63) is 72.2 Å². The van der Waals surface area contributed by atoms with Gasteiger partial charge in [0.25, 0.3) is 0 Å². The molecule has 3 aromatic carbocycles. The summed E-state index contributed by atoms with van der Waals surface area (Å²) in [4.78, 5) is 0. The minimum Gasteiger partial charge on any atom is -0.456 e. The molecule has 0 aliphatic rings. The van der Waals surface area contributed by atoms with Crippen LogP contribution in [0.1, 0.15) is 8.30 Å². The highest BCUT2D eigenvalue weighted by Gasteiger charge is 2.12. The summed E-state index contributed by atoms with van der Waals surface area (Å²) in [5, 5.41) is 1.82. The Bertz CT molecular complexity index is 1000. The Morgan fingerprint density at radius 2 is 1.75 bits per heavy atom. The number of aryl methyl sites for hydroxylation is 1. The molecule has 0 bridgehead atoms. The second-order valence-corrected chi connectivity index (χ2v) is 4.95. The van der Waals surface area contributed by atoms with Gasteiger partial charge in [-0.05, 0) is 35.7 Å². The van der Waals surface area contributed by atoms with Crippen LogP contribution in [0.5, 0.6) is 0 Å². The van der Waals surface area contributed by atoms with Gasteiger partial charge < -0.3 is 4.42 Å². The Balaban J connectivity index is 2.24. The van der Waals surface area contributed by atoms with Crippen LogP contribution in [0.15, 0.2) is 71.1 Å². The highest BCUT2D eigenvalue weighted by molar-refractivity contribution is 6.12. The van der Waals surface area contributed by atoms with Gasteiger partial charge in [-0.2, -0.15) is 0 Å².